The molecule has 0 bridgehead atoms. The number of amides is 1. The minimum absolute atomic E-state index is 0.0506. The number of anilines is 1. The minimum Gasteiger partial charge on any atom is -0.469 e. The fourth-order valence-corrected chi connectivity index (χ4v) is 5.05. The SMILES string of the molecule is COC(=O)C1CCN(C(=O)CN(c2ccc(C)cc2)S(=O)(=O)c2ccc(Cl)cc2)CC1. The molecule has 2 aromatic carbocycles. The number of aryl methyl sites for hydroxylation is 1. The van der Waals surface area contributed by atoms with Gasteiger partial charge in [-0.15, -0.1) is 0 Å². The maximum absolute atomic E-state index is 13.4. The topological polar surface area (TPSA) is 84.0 Å². The van der Waals surface area contributed by atoms with E-state index in [0.29, 0.717) is 36.6 Å². The largest absolute Gasteiger partial charge is 0.469 e. The summed E-state index contributed by atoms with van der Waals surface area (Å²) in [5.74, 6) is -0.833. The number of hydrogen-bond donors (Lipinski definition) is 0. The highest BCUT2D eigenvalue weighted by Crippen LogP contribution is 2.26. The summed E-state index contributed by atoms with van der Waals surface area (Å²) < 4.78 is 32.7. The molecule has 0 radical (unpaired) electrons. The molecule has 0 aliphatic carbocycles. The molecule has 0 aromatic heterocycles. The number of sulfonamides is 1. The lowest BCUT2D eigenvalue weighted by Crippen LogP contribution is -2.46. The molecule has 166 valence electrons. The molecule has 9 heteroatoms. The van der Waals surface area contributed by atoms with E-state index in [1.165, 1.54) is 31.4 Å². The van der Waals surface area contributed by atoms with Gasteiger partial charge in [0.15, 0.2) is 0 Å². The van der Waals surface area contributed by atoms with Crippen LogP contribution in [0.2, 0.25) is 5.02 Å². The van der Waals surface area contributed by atoms with Crippen molar-refractivity contribution in [3.8, 4) is 0 Å². The first-order chi connectivity index (χ1) is 14.7. The molecular formula is C22H25ClN2O5S. The summed E-state index contributed by atoms with van der Waals surface area (Å²) in [6, 6.07) is 12.8. The monoisotopic (exact) mass is 464 g/mol. The lowest BCUT2D eigenvalue weighted by Gasteiger charge is -2.33. The summed E-state index contributed by atoms with van der Waals surface area (Å²) in [6.45, 7) is 2.32. The van der Waals surface area contributed by atoms with Crippen LogP contribution in [0.15, 0.2) is 53.4 Å². The van der Waals surface area contributed by atoms with E-state index in [1.54, 1.807) is 29.2 Å². The molecule has 0 saturated carbocycles. The molecule has 1 fully saturated rings. The standard InChI is InChI=1S/C22H25ClN2O5S/c1-16-3-7-19(8-4-16)25(31(28,29)20-9-5-18(23)6-10-20)15-21(26)24-13-11-17(12-14-24)22(27)30-2/h3-10,17H,11-15H2,1-2H3. The van der Waals surface area contributed by atoms with Gasteiger partial charge < -0.3 is 9.64 Å². The zero-order valence-electron chi connectivity index (χ0n) is 17.5. The predicted octanol–water partition coefficient (Wildman–Crippen LogP) is 3.26. The Labute approximate surface area is 187 Å². The number of carbonyl (C=O) groups excluding carboxylic acids is 2. The van der Waals surface area contributed by atoms with E-state index < -0.39 is 10.0 Å². The molecule has 7 nitrogen and oxygen atoms in total. The van der Waals surface area contributed by atoms with Gasteiger partial charge in [0.2, 0.25) is 5.91 Å². The first-order valence-corrected chi connectivity index (χ1v) is 11.7. The number of benzene rings is 2. The van der Waals surface area contributed by atoms with E-state index in [4.69, 9.17) is 16.3 Å². The van der Waals surface area contributed by atoms with Crippen molar-refractivity contribution in [2.45, 2.75) is 24.7 Å². The molecule has 0 atom stereocenters. The Morgan fingerprint density at radius 1 is 1.06 bits per heavy atom. The van der Waals surface area contributed by atoms with Crippen molar-refractivity contribution in [1.82, 2.24) is 4.90 Å². The van der Waals surface area contributed by atoms with E-state index in [1.807, 2.05) is 6.92 Å². The first-order valence-electron chi connectivity index (χ1n) is 9.93. The maximum Gasteiger partial charge on any atom is 0.308 e. The quantitative estimate of drug-likeness (QED) is 0.613. The number of esters is 1. The summed E-state index contributed by atoms with van der Waals surface area (Å²) in [5, 5.41) is 0.422. The van der Waals surface area contributed by atoms with Crippen LogP contribution in [-0.2, 0) is 24.3 Å². The van der Waals surface area contributed by atoms with E-state index in [9.17, 15) is 18.0 Å². The van der Waals surface area contributed by atoms with E-state index in [-0.39, 0.29) is 29.2 Å². The third-order valence-corrected chi connectivity index (χ3v) is 7.42. The molecule has 0 spiro atoms. The van der Waals surface area contributed by atoms with Crippen molar-refractivity contribution in [2.24, 2.45) is 5.92 Å². The number of likely N-dealkylation sites (tertiary alicyclic amines) is 1. The number of nitrogens with zero attached hydrogens (tertiary/aromatic N) is 2. The zero-order valence-corrected chi connectivity index (χ0v) is 19.0. The Balaban J connectivity index is 1.84. The lowest BCUT2D eigenvalue weighted by molar-refractivity contribution is -0.148. The number of ether oxygens (including phenoxy) is 1. The van der Waals surface area contributed by atoms with Crippen molar-refractivity contribution in [3.63, 3.8) is 0 Å². The van der Waals surface area contributed by atoms with Gasteiger partial charge in [-0.2, -0.15) is 0 Å². The number of rotatable bonds is 6. The molecule has 1 heterocycles. The highest BCUT2D eigenvalue weighted by Gasteiger charge is 2.32. The van der Waals surface area contributed by atoms with Gasteiger partial charge in [0.1, 0.15) is 6.54 Å². The Bertz CT molecular complexity index is 1030. The van der Waals surface area contributed by atoms with Crippen LogP contribution in [0.25, 0.3) is 0 Å². The van der Waals surface area contributed by atoms with Crippen molar-refractivity contribution in [2.75, 3.05) is 31.0 Å². The summed E-state index contributed by atoms with van der Waals surface area (Å²) in [5.41, 5.74) is 1.38. The summed E-state index contributed by atoms with van der Waals surface area (Å²) in [7, 11) is -2.64. The van der Waals surface area contributed by atoms with E-state index >= 15 is 0 Å². The fourth-order valence-electron chi connectivity index (χ4n) is 3.51. The number of piperidine rings is 1. The zero-order chi connectivity index (χ0) is 22.6. The number of halogens is 1. The molecule has 0 N–H and O–H groups in total. The van der Waals surface area contributed by atoms with Crippen molar-refractivity contribution in [1.29, 1.82) is 0 Å². The summed E-state index contributed by atoms with van der Waals surface area (Å²) in [6.07, 6.45) is 0.986. The Morgan fingerprint density at radius 2 is 1.65 bits per heavy atom. The van der Waals surface area contributed by atoms with Crippen LogP contribution in [0.4, 0.5) is 5.69 Å². The molecule has 1 aliphatic rings. The van der Waals surface area contributed by atoms with E-state index in [0.717, 1.165) is 9.87 Å². The Kier molecular flexibility index (Phi) is 7.23. The van der Waals surface area contributed by atoms with Gasteiger partial charge in [0.05, 0.1) is 23.6 Å². The molecule has 1 aliphatic heterocycles. The molecule has 0 unspecified atom stereocenters. The molecule has 2 aromatic rings. The highest BCUT2D eigenvalue weighted by atomic mass is 35.5. The van der Waals surface area contributed by atoms with Crippen LogP contribution in [-0.4, -0.2) is 51.9 Å². The second-order valence-electron chi connectivity index (χ2n) is 7.48. The van der Waals surface area contributed by atoms with Crippen LogP contribution in [0, 0.1) is 12.8 Å². The third kappa shape index (κ3) is 5.37. The van der Waals surface area contributed by atoms with Gasteiger partial charge in [0.25, 0.3) is 10.0 Å². The van der Waals surface area contributed by atoms with Gasteiger partial charge >= 0.3 is 5.97 Å². The third-order valence-electron chi connectivity index (χ3n) is 5.38. The molecular weight excluding hydrogens is 440 g/mol. The average Bonchev–Trinajstić information content (AvgIpc) is 2.78. The maximum atomic E-state index is 13.4. The average molecular weight is 465 g/mol. The number of carbonyl (C=O) groups is 2. The fraction of sp³-hybridized carbons (Fsp3) is 0.364. The molecule has 31 heavy (non-hydrogen) atoms. The Hall–Kier alpha value is -2.58. The minimum atomic E-state index is -3.99. The molecule has 3 rings (SSSR count). The van der Waals surface area contributed by atoms with Crippen LogP contribution in [0.3, 0.4) is 0 Å². The van der Waals surface area contributed by atoms with Crippen LogP contribution < -0.4 is 4.31 Å². The van der Waals surface area contributed by atoms with Crippen molar-refractivity contribution < 1.29 is 22.7 Å². The van der Waals surface area contributed by atoms with Crippen LogP contribution in [0.5, 0.6) is 0 Å². The van der Waals surface area contributed by atoms with Crippen molar-refractivity contribution in [3.05, 3.63) is 59.1 Å². The molecule has 1 saturated heterocycles. The first kappa shape index (κ1) is 23.1. The Morgan fingerprint density at radius 3 is 2.19 bits per heavy atom. The summed E-state index contributed by atoms with van der Waals surface area (Å²) in [4.78, 5) is 26.4. The van der Waals surface area contributed by atoms with Gasteiger partial charge in [-0.25, -0.2) is 8.42 Å². The summed E-state index contributed by atoms with van der Waals surface area (Å²) >= 11 is 5.90. The van der Waals surface area contributed by atoms with Gasteiger partial charge in [-0.3, -0.25) is 13.9 Å². The second kappa shape index (κ2) is 9.70. The highest BCUT2D eigenvalue weighted by molar-refractivity contribution is 7.92. The van der Waals surface area contributed by atoms with E-state index in [2.05, 4.69) is 0 Å². The van der Waals surface area contributed by atoms with Gasteiger partial charge in [-0.05, 0) is 56.2 Å². The van der Waals surface area contributed by atoms with Gasteiger partial charge in [0, 0.05) is 18.1 Å². The number of hydrogen-bond acceptors (Lipinski definition) is 5. The van der Waals surface area contributed by atoms with Crippen LogP contribution >= 0.6 is 11.6 Å². The normalized spacial score (nSPS) is 14.9. The lowest BCUT2D eigenvalue weighted by atomic mass is 9.97. The second-order valence-corrected chi connectivity index (χ2v) is 9.78. The smallest absolute Gasteiger partial charge is 0.308 e. The number of methoxy groups -OCH3 is 1. The van der Waals surface area contributed by atoms with Crippen molar-refractivity contribution >= 4 is 39.2 Å². The van der Waals surface area contributed by atoms with Gasteiger partial charge in [-0.1, -0.05) is 29.3 Å². The molecule has 1 amide bonds. The van der Waals surface area contributed by atoms with Crippen LogP contribution in [0.1, 0.15) is 18.4 Å². The predicted molar refractivity (Wildman–Crippen MR) is 118 cm³/mol.